The number of likely N-dealkylation sites (N-methyl/N-ethyl adjacent to an activating group) is 1. The lowest BCUT2D eigenvalue weighted by Crippen LogP contribution is -2.49. The molecular weight excluding hydrogens is 424 g/mol. The maximum Gasteiger partial charge on any atom is 0.326 e. The molecule has 0 aliphatic heterocycles. The van der Waals surface area contributed by atoms with Crippen molar-refractivity contribution in [2.75, 3.05) is 27.3 Å². The number of rotatable bonds is 16. The molecule has 8 heteroatoms. The average molecular weight is 465 g/mol. The summed E-state index contributed by atoms with van der Waals surface area (Å²) in [6, 6.07) is 8.09. The first-order chi connectivity index (χ1) is 15.8. The minimum Gasteiger partial charge on any atom is -0.480 e. The van der Waals surface area contributed by atoms with Crippen LogP contribution in [-0.4, -0.2) is 73.3 Å². The lowest BCUT2D eigenvalue weighted by Gasteiger charge is -2.30. The molecule has 0 aliphatic rings. The molecule has 0 saturated carbocycles. The Kier molecular flexibility index (Phi) is 13.3. The molecule has 2 N–H and O–H groups in total. The van der Waals surface area contributed by atoms with Crippen LogP contribution in [-0.2, 0) is 30.3 Å². The standard InChI is InChI=1S/C25H40N2O6/c1-6-8-14-20(32-4)16-23(28)27(7-2)17-22(33-5)18(3)24(29)26-21(25(30)31)15-19-12-10-9-11-13-19/h9-13,18,20-22H,6-8,14-17H2,1-5H3,(H,26,29)(H,30,31)/t18-,20+,21+,22-/m1/s1. The van der Waals surface area contributed by atoms with Crippen molar-refractivity contribution in [2.45, 2.75) is 71.1 Å². The SMILES string of the molecule is CCCC[C@@H](CC(=O)N(CC)C[C@@H](OC)[C@@H](C)C(=O)N[C@@H](Cc1ccccc1)C(=O)O)OC. The van der Waals surface area contributed by atoms with Gasteiger partial charge in [0.2, 0.25) is 11.8 Å². The van der Waals surface area contributed by atoms with Crippen molar-refractivity contribution in [3.63, 3.8) is 0 Å². The molecule has 0 unspecified atom stereocenters. The molecule has 0 bridgehead atoms. The number of amides is 2. The monoisotopic (exact) mass is 464 g/mol. The van der Waals surface area contributed by atoms with Crippen LogP contribution >= 0.6 is 0 Å². The van der Waals surface area contributed by atoms with Gasteiger partial charge in [0.1, 0.15) is 6.04 Å². The molecule has 33 heavy (non-hydrogen) atoms. The molecule has 1 aromatic rings. The molecule has 2 amide bonds. The second-order valence-corrected chi connectivity index (χ2v) is 8.29. The van der Waals surface area contributed by atoms with Gasteiger partial charge in [0.05, 0.1) is 24.5 Å². The van der Waals surface area contributed by atoms with Crippen LogP contribution in [0.15, 0.2) is 30.3 Å². The first kappa shape index (κ1) is 28.6. The highest BCUT2D eigenvalue weighted by molar-refractivity contribution is 5.85. The van der Waals surface area contributed by atoms with Crippen LogP contribution in [0.25, 0.3) is 0 Å². The number of aliphatic carboxylic acids is 1. The summed E-state index contributed by atoms with van der Waals surface area (Å²) in [7, 11) is 3.10. The molecule has 4 atom stereocenters. The van der Waals surface area contributed by atoms with E-state index in [0.717, 1.165) is 24.8 Å². The molecule has 0 aliphatic carbocycles. The van der Waals surface area contributed by atoms with Crippen molar-refractivity contribution in [1.82, 2.24) is 10.2 Å². The van der Waals surface area contributed by atoms with Gasteiger partial charge in [0.15, 0.2) is 0 Å². The number of ether oxygens (including phenoxy) is 2. The van der Waals surface area contributed by atoms with Gasteiger partial charge in [0.25, 0.3) is 0 Å². The fourth-order valence-corrected chi connectivity index (χ4v) is 3.64. The maximum absolute atomic E-state index is 12.9. The normalized spacial score (nSPS) is 14.7. The molecule has 0 spiro atoms. The van der Waals surface area contributed by atoms with E-state index in [4.69, 9.17) is 9.47 Å². The van der Waals surface area contributed by atoms with Crippen LogP contribution in [0.4, 0.5) is 0 Å². The van der Waals surface area contributed by atoms with Gasteiger partial charge in [-0.05, 0) is 18.9 Å². The molecule has 0 heterocycles. The predicted molar refractivity (Wildman–Crippen MR) is 127 cm³/mol. The zero-order chi connectivity index (χ0) is 24.8. The zero-order valence-electron chi connectivity index (χ0n) is 20.6. The summed E-state index contributed by atoms with van der Waals surface area (Å²) in [4.78, 5) is 39.1. The summed E-state index contributed by atoms with van der Waals surface area (Å²) in [5, 5.41) is 12.2. The Morgan fingerprint density at radius 2 is 1.76 bits per heavy atom. The minimum absolute atomic E-state index is 0.0531. The van der Waals surface area contributed by atoms with Crippen molar-refractivity contribution >= 4 is 17.8 Å². The Morgan fingerprint density at radius 3 is 2.27 bits per heavy atom. The average Bonchev–Trinajstić information content (AvgIpc) is 2.82. The first-order valence-electron chi connectivity index (χ1n) is 11.7. The van der Waals surface area contributed by atoms with E-state index in [1.54, 1.807) is 18.9 Å². The van der Waals surface area contributed by atoms with E-state index in [1.165, 1.54) is 7.11 Å². The maximum atomic E-state index is 12.9. The number of carbonyl (C=O) groups excluding carboxylic acids is 2. The van der Waals surface area contributed by atoms with Crippen molar-refractivity contribution in [3.8, 4) is 0 Å². The molecule has 0 saturated heterocycles. The van der Waals surface area contributed by atoms with Crippen molar-refractivity contribution in [1.29, 1.82) is 0 Å². The van der Waals surface area contributed by atoms with Gasteiger partial charge in [0, 0.05) is 33.7 Å². The minimum atomic E-state index is -1.10. The van der Waals surface area contributed by atoms with Crippen LogP contribution in [0.2, 0.25) is 0 Å². The summed E-state index contributed by atoms with van der Waals surface area (Å²) in [6.45, 7) is 6.37. The Morgan fingerprint density at radius 1 is 1.09 bits per heavy atom. The highest BCUT2D eigenvalue weighted by Gasteiger charge is 2.30. The fourth-order valence-electron chi connectivity index (χ4n) is 3.64. The lowest BCUT2D eigenvalue weighted by atomic mass is 10.0. The van der Waals surface area contributed by atoms with Gasteiger partial charge in [-0.15, -0.1) is 0 Å². The number of nitrogens with zero attached hydrogens (tertiary/aromatic N) is 1. The van der Waals surface area contributed by atoms with E-state index in [9.17, 15) is 19.5 Å². The van der Waals surface area contributed by atoms with Gasteiger partial charge in [-0.25, -0.2) is 4.79 Å². The topological polar surface area (TPSA) is 105 Å². The Balaban J connectivity index is 2.77. The van der Waals surface area contributed by atoms with E-state index < -0.39 is 29.9 Å². The number of hydrogen-bond donors (Lipinski definition) is 2. The molecule has 186 valence electrons. The number of carboxylic acids is 1. The van der Waals surface area contributed by atoms with E-state index in [2.05, 4.69) is 12.2 Å². The van der Waals surface area contributed by atoms with Crippen LogP contribution in [0.3, 0.4) is 0 Å². The number of benzene rings is 1. The first-order valence-corrected chi connectivity index (χ1v) is 11.7. The predicted octanol–water partition coefficient (Wildman–Crippen LogP) is 2.89. The second-order valence-electron chi connectivity index (χ2n) is 8.29. The Labute approximate surface area is 197 Å². The highest BCUT2D eigenvalue weighted by Crippen LogP contribution is 2.14. The Hall–Kier alpha value is -2.45. The van der Waals surface area contributed by atoms with Gasteiger partial charge < -0.3 is 24.8 Å². The summed E-state index contributed by atoms with van der Waals surface area (Å²) >= 11 is 0. The van der Waals surface area contributed by atoms with Crippen LogP contribution in [0.1, 0.15) is 52.0 Å². The molecule has 0 fully saturated rings. The third-order valence-electron chi connectivity index (χ3n) is 5.92. The van der Waals surface area contributed by atoms with Crippen molar-refractivity contribution in [3.05, 3.63) is 35.9 Å². The number of hydrogen-bond acceptors (Lipinski definition) is 5. The molecule has 0 aromatic heterocycles. The third kappa shape index (κ3) is 9.92. The van der Waals surface area contributed by atoms with Gasteiger partial charge >= 0.3 is 5.97 Å². The molecular formula is C25H40N2O6. The van der Waals surface area contributed by atoms with Crippen LogP contribution < -0.4 is 5.32 Å². The summed E-state index contributed by atoms with van der Waals surface area (Å²) < 4.78 is 11.0. The van der Waals surface area contributed by atoms with Gasteiger partial charge in [-0.1, -0.05) is 57.0 Å². The number of unbranched alkanes of at least 4 members (excludes halogenated alkanes) is 1. The lowest BCUT2D eigenvalue weighted by molar-refractivity contribution is -0.144. The van der Waals surface area contributed by atoms with Crippen LogP contribution in [0, 0.1) is 5.92 Å². The third-order valence-corrected chi connectivity index (χ3v) is 5.92. The number of carboxylic acid groups (broad SMARTS) is 1. The Bertz CT molecular complexity index is 727. The van der Waals surface area contributed by atoms with E-state index in [1.807, 2.05) is 37.3 Å². The highest BCUT2D eigenvalue weighted by atomic mass is 16.5. The van der Waals surface area contributed by atoms with Gasteiger partial charge in [-0.2, -0.15) is 0 Å². The van der Waals surface area contributed by atoms with Gasteiger partial charge in [-0.3, -0.25) is 9.59 Å². The van der Waals surface area contributed by atoms with Crippen molar-refractivity contribution < 1.29 is 29.0 Å². The summed E-state index contributed by atoms with van der Waals surface area (Å²) in [5.41, 5.74) is 0.819. The number of nitrogens with one attached hydrogen (secondary N) is 1. The molecule has 1 rings (SSSR count). The van der Waals surface area contributed by atoms with E-state index >= 15 is 0 Å². The number of methoxy groups -OCH3 is 2. The number of carbonyl (C=O) groups is 3. The largest absolute Gasteiger partial charge is 0.480 e. The molecule has 0 radical (unpaired) electrons. The molecule has 8 nitrogen and oxygen atoms in total. The fraction of sp³-hybridized carbons (Fsp3) is 0.640. The molecule has 1 aromatic carbocycles. The van der Waals surface area contributed by atoms with E-state index in [0.29, 0.717) is 6.54 Å². The summed E-state index contributed by atoms with van der Waals surface area (Å²) in [6.07, 6.45) is 2.59. The van der Waals surface area contributed by atoms with Crippen LogP contribution in [0.5, 0.6) is 0 Å². The van der Waals surface area contributed by atoms with E-state index in [-0.39, 0.29) is 31.4 Å². The van der Waals surface area contributed by atoms with Crippen molar-refractivity contribution in [2.24, 2.45) is 5.92 Å². The quantitative estimate of drug-likeness (QED) is 0.390. The second kappa shape index (κ2) is 15.4. The smallest absolute Gasteiger partial charge is 0.326 e. The zero-order valence-corrected chi connectivity index (χ0v) is 20.6. The summed E-state index contributed by atoms with van der Waals surface area (Å²) in [5.74, 6) is -2.22.